The molecule has 2 aromatic heterocycles. The Labute approximate surface area is 132 Å². The number of pyridine rings is 1. The van der Waals surface area contributed by atoms with E-state index < -0.39 is 5.97 Å². The molecule has 1 aliphatic rings. The van der Waals surface area contributed by atoms with Crippen LogP contribution in [0.5, 0.6) is 0 Å². The van der Waals surface area contributed by atoms with Gasteiger partial charge in [-0.1, -0.05) is 0 Å². The number of rotatable bonds is 3. The van der Waals surface area contributed by atoms with E-state index in [-0.39, 0.29) is 17.7 Å². The lowest BCUT2D eigenvalue weighted by molar-refractivity contribution is -0.0228. The molecule has 1 aliphatic heterocycles. The van der Waals surface area contributed by atoms with Crippen LogP contribution < -0.4 is 0 Å². The topological polar surface area (TPSA) is 97.6 Å². The fourth-order valence-corrected chi connectivity index (χ4v) is 2.50. The van der Waals surface area contributed by atoms with Gasteiger partial charge in [-0.05, 0) is 12.1 Å². The first kappa shape index (κ1) is 15.2. The number of nitrogens with zero attached hydrogens (tertiary/aromatic N) is 4. The molecule has 120 valence electrons. The zero-order valence-corrected chi connectivity index (χ0v) is 12.5. The molecular formula is C15H16N4O4. The van der Waals surface area contributed by atoms with E-state index in [0.29, 0.717) is 25.3 Å². The second kappa shape index (κ2) is 6.17. The minimum Gasteiger partial charge on any atom is -0.477 e. The van der Waals surface area contributed by atoms with Crippen LogP contribution in [0.1, 0.15) is 32.5 Å². The molecule has 0 spiro atoms. The minimum absolute atomic E-state index is 0.145. The van der Waals surface area contributed by atoms with Crippen molar-refractivity contribution in [3.8, 4) is 0 Å². The Balaban J connectivity index is 1.77. The zero-order valence-electron chi connectivity index (χ0n) is 12.5. The standard InChI is InChI=1S/C15H16N4O4/c1-18-8-11(7-17-18)13-9-19(4-5-23-13)14(20)10-2-3-16-12(6-10)15(21)22/h2-3,6-8,13H,4-5,9H2,1H3,(H,21,22). The summed E-state index contributed by atoms with van der Waals surface area (Å²) >= 11 is 0. The lowest BCUT2D eigenvalue weighted by Gasteiger charge is -2.32. The van der Waals surface area contributed by atoms with Crippen LogP contribution in [0.25, 0.3) is 0 Å². The summed E-state index contributed by atoms with van der Waals surface area (Å²) in [6.07, 6.45) is 4.67. The summed E-state index contributed by atoms with van der Waals surface area (Å²) in [5.74, 6) is -1.39. The summed E-state index contributed by atoms with van der Waals surface area (Å²) in [6, 6.07) is 2.81. The number of aromatic carboxylic acids is 1. The number of carbonyl (C=O) groups is 2. The van der Waals surface area contributed by atoms with Crippen molar-refractivity contribution in [2.75, 3.05) is 19.7 Å². The van der Waals surface area contributed by atoms with E-state index in [1.165, 1.54) is 18.3 Å². The summed E-state index contributed by atoms with van der Waals surface area (Å²) < 4.78 is 7.38. The number of amides is 1. The van der Waals surface area contributed by atoms with Gasteiger partial charge in [-0.3, -0.25) is 9.48 Å². The molecule has 0 bridgehead atoms. The third-order valence-corrected chi connectivity index (χ3v) is 3.68. The number of hydrogen-bond donors (Lipinski definition) is 1. The van der Waals surface area contributed by atoms with Gasteiger partial charge in [0, 0.05) is 37.1 Å². The number of aromatic nitrogens is 3. The summed E-state index contributed by atoms with van der Waals surface area (Å²) in [5, 5.41) is 13.1. The van der Waals surface area contributed by atoms with Gasteiger partial charge in [0.1, 0.15) is 11.8 Å². The van der Waals surface area contributed by atoms with E-state index in [4.69, 9.17) is 9.84 Å². The fraction of sp³-hybridized carbons (Fsp3) is 0.333. The van der Waals surface area contributed by atoms with Crippen molar-refractivity contribution in [2.24, 2.45) is 7.05 Å². The highest BCUT2D eigenvalue weighted by molar-refractivity contribution is 5.96. The third kappa shape index (κ3) is 3.21. The molecular weight excluding hydrogens is 300 g/mol. The molecule has 3 rings (SSSR count). The maximum Gasteiger partial charge on any atom is 0.354 e. The lowest BCUT2D eigenvalue weighted by atomic mass is 10.1. The summed E-state index contributed by atoms with van der Waals surface area (Å²) in [6.45, 7) is 1.28. The first-order valence-corrected chi connectivity index (χ1v) is 7.13. The van der Waals surface area contributed by atoms with Gasteiger partial charge in [-0.2, -0.15) is 5.10 Å². The molecule has 8 heteroatoms. The lowest BCUT2D eigenvalue weighted by Crippen LogP contribution is -2.42. The van der Waals surface area contributed by atoms with Gasteiger partial charge in [0.05, 0.1) is 19.3 Å². The van der Waals surface area contributed by atoms with Crippen LogP contribution in [0.15, 0.2) is 30.7 Å². The molecule has 1 unspecified atom stereocenters. The highest BCUT2D eigenvalue weighted by Crippen LogP contribution is 2.22. The summed E-state index contributed by atoms with van der Waals surface area (Å²) in [4.78, 5) is 28.9. The van der Waals surface area contributed by atoms with Crippen molar-refractivity contribution in [1.29, 1.82) is 0 Å². The monoisotopic (exact) mass is 316 g/mol. The highest BCUT2D eigenvalue weighted by Gasteiger charge is 2.27. The van der Waals surface area contributed by atoms with Crippen LogP contribution in [-0.2, 0) is 11.8 Å². The first-order chi connectivity index (χ1) is 11.0. The van der Waals surface area contributed by atoms with Gasteiger partial charge in [-0.25, -0.2) is 9.78 Å². The van der Waals surface area contributed by atoms with Crippen molar-refractivity contribution < 1.29 is 19.4 Å². The minimum atomic E-state index is -1.16. The van der Waals surface area contributed by atoms with E-state index in [0.717, 1.165) is 5.56 Å². The average molecular weight is 316 g/mol. The molecule has 1 N–H and O–H groups in total. The molecule has 0 aliphatic carbocycles. The van der Waals surface area contributed by atoms with E-state index in [1.54, 1.807) is 15.8 Å². The van der Waals surface area contributed by atoms with Gasteiger partial charge in [0.2, 0.25) is 0 Å². The Morgan fingerprint density at radius 2 is 2.26 bits per heavy atom. The maximum absolute atomic E-state index is 12.6. The molecule has 0 radical (unpaired) electrons. The van der Waals surface area contributed by atoms with Crippen molar-refractivity contribution in [2.45, 2.75) is 6.10 Å². The number of carbonyl (C=O) groups excluding carboxylic acids is 1. The molecule has 2 aromatic rings. The zero-order chi connectivity index (χ0) is 16.4. The molecule has 1 amide bonds. The molecule has 8 nitrogen and oxygen atoms in total. The highest BCUT2D eigenvalue weighted by atomic mass is 16.5. The van der Waals surface area contributed by atoms with Gasteiger partial charge in [0.15, 0.2) is 0 Å². The van der Waals surface area contributed by atoms with E-state index in [2.05, 4.69) is 10.1 Å². The van der Waals surface area contributed by atoms with Crippen LogP contribution in [0.2, 0.25) is 0 Å². The number of carboxylic acid groups (broad SMARTS) is 1. The molecule has 1 atom stereocenters. The van der Waals surface area contributed by atoms with Crippen LogP contribution >= 0.6 is 0 Å². The third-order valence-electron chi connectivity index (χ3n) is 3.68. The van der Waals surface area contributed by atoms with Crippen LogP contribution in [0.3, 0.4) is 0 Å². The number of aryl methyl sites for hydroxylation is 1. The van der Waals surface area contributed by atoms with Gasteiger partial charge in [-0.15, -0.1) is 0 Å². The normalized spacial score (nSPS) is 18.0. The van der Waals surface area contributed by atoms with Crippen LogP contribution in [0, 0.1) is 0 Å². The molecule has 1 saturated heterocycles. The molecule has 3 heterocycles. The van der Waals surface area contributed by atoms with E-state index >= 15 is 0 Å². The number of hydrogen-bond acceptors (Lipinski definition) is 5. The first-order valence-electron chi connectivity index (χ1n) is 7.13. The quantitative estimate of drug-likeness (QED) is 0.896. The Bertz CT molecular complexity index is 743. The average Bonchev–Trinajstić information content (AvgIpc) is 3.01. The van der Waals surface area contributed by atoms with Crippen LogP contribution in [-0.4, -0.2) is 56.3 Å². The number of ether oxygens (including phenoxy) is 1. The number of morpholine rings is 1. The van der Waals surface area contributed by atoms with E-state index in [9.17, 15) is 9.59 Å². The van der Waals surface area contributed by atoms with Crippen molar-refractivity contribution in [3.05, 3.63) is 47.5 Å². The largest absolute Gasteiger partial charge is 0.477 e. The predicted octanol–water partition coefficient (Wildman–Crippen LogP) is 0.727. The second-order valence-electron chi connectivity index (χ2n) is 5.29. The molecule has 0 aromatic carbocycles. The van der Waals surface area contributed by atoms with Crippen molar-refractivity contribution in [1.82, 2.24) is 19.7 Å². The Kier molecular flexibility index (Phi) is 4.07. The van der Waals surface area contributed by atoms with Crippen LogP contribution in [0.4, 0.5) is 0 Å². The smallest absolute Gasteiger partial charge is 0.354 e. The fourth-order valence-electron chi connectivity index (χ4n) is 2.50. The van der Waals surface area contributed by atoms with Gasteiger partial charge in [0.25, 0.3) is 5.91 Å². The summed E-state index contributed by atoms with van der Waals surface area (Å²) in [7, 11) is 1.82. The van der Waals surface area contributed by atoms with Gasteiger partial charge < -0.3 is 14.7 Å². The molecule has 1 fully saturated rings. The number of carboxylic acids is 1. The Morgan fingerprint density at radius 1 is 1.43 bits per heavy atom. The molecule has 0 saturated carbocycles. The Hall–Kier alpha value is -2.74. The van der Waals surface area contributed by atoms with Crippen molar-refractivity contribution in [3.63, 3.8) is 0 Å². The van der Waals surface area contributed by atoms with E-state index in [1.807, 2.05) is 13.2 Å². The van der Waals surface area contributed by atoms with Crippen molar-refractivity contribution >= 4 is 11.9 Å². The molecule has 23 heavy (non-hydrogen) atoms. The Morgan fingerprint density at radius 3 is 2.96 bits per heavy atom. The second-order valence-corrected chi connectivity index (χ2v) is 5.29. The van der Waals surface area contributed by atoms with Gasteiger partial charge >= 0.3 is 5.97 Å². The summed E-state index contributed by atoms with van der Waals surface area (Å²) in [5.41, 5.74) is 1.07. The predicted molar refractivity (Wildman–Crippen MR) is 79.0 cm³/mol. The maximum atomic E-state index is 12.6. The SMILES string of the molecule is Cn1cc(C2CN(C(=O)c3ccnc(C(=O)O)c3)CCO2)cn1.